The second kappa shape index (κ2) is 16.2. The van der Waals surface area contributed by atoms with Gasteiger partial charge in [-0.05, 0) is 151 Å². The zero-order chi connectivity index (χ0) is 51.6. The number of hydrogen-bond donors (Lipinski definition) is 0. The highest BCUT2D eigenvalue weighted by Gasteiger charge is 2.47. The third-order valence-corrected chi connectivity index (χ3v) is 16.8. The smallest absolute Gasteiger partial charge is 0.252 e. The van der Waals surface area contributed by atoms with Crippen molar-refractivity contribution in [1.29, 1.82) is 0 Å². The number of aryl methyl sites for hydroxylation is 1. The van der Waals surface area contributed by atoms with Crippen molar-refractivity contribution in [2.75, 3.05) is 9.80 Å². The van der Waals surface area contributed by atoms with Crippen LogP contribution in [0.1, 0.15) is 138 Å². The van der Waals surface area contributed by atoms with Crippen LogP contribution >= 0.6 is 0 Å². The Hall–Kier alpha value is -6.58. The van der Waals surface area contributed by atoms with Gasteiger partial charge in [-0.1, -0.05) is 204 Å². The molecular formula is C67H69BN2. The molecule has 2 aliphatic heterocycles. The van der Waals surface area contributed by atoms with Crippen molar-refractivity contribution in [2.24, 2.45) is 0 Å². The maximum Gasteiger partial charge on any atom is 0.252 e. The fraction of sp³-hybridized carbons (Fsp3) is 0.284. The molecular weight excluding hydrogens is 844 g/mol. The van der Waals surface area contributed by atoms with Crippen LogP contribution in [0.25, 0.3) is 11.1 Å². The van der Waals surface area contributed by atoms with E-state index in [-0.39, 0.29) is 33.8 Å². The molecule has 0 unspecified atom stereocenters. The number of anilines is 6. The third kappa shape index (κ3) is 7.37. The predicted molar refractivity (Wildman–Crippen MR) is 302 cm³/mol. The van der Waals surface area contributed by atoms with Gasteiger partial charge in [0.1, 0.15) is 0 Å². The summed E-state index contributed by atoms with van der Waals surface area (Å²) in [5.74, 6) is 0. The molecule has 0 bridgehead atoms. The highest BCUT2D eigenvalue weighted by molar-refractivity contribution is 7.00. The van der Waals surface area contributed by atoms with Gasteiger partial charge in [-0.2, -0.15) is 0 Å². The SMILES string of the molecule is [2H]C([2H])([2H])c1cc2c3c(c1)N(c1ccc(C(C)(C)C)cc1-c1ccccc1)c1cc4c(cc1B3c1cc(C(C)(C)c3ccccc3)ccc1N2c1ccc(C(C)(C)c2ccccc2)cc1)C(C)(C)CCC4(C)C. The zero-order valence-electron chi connectivity index (χ0n) is 46.1. The van der Waals surface area contributed by atoms with E-state index in [1.807, 2.05) is 12.1 Å². The van der Waals surface area contributed by atoms with E-state index in [1.54, 1.807) is 0 Å². The van der Waals surface area contributed by atoms with Crippen molar-refractivity contribution in [3.63, 3.8) is 0 Å². The molecule has 0 saturated carbocycles. The quantitative estimate of drug-likeness (QED) is 0.147. The first-order chi connectivity index (χ1) is 34.5. The molecule has 0 spiro atoms. The van der Waals surface area contributed by atoms with Crippen LogP contribution in [0.2, 0.25) is 0 Å². The van der Waals surface area contributed by atoms with Crippen LogP contribution < -0.4 is 26.2 Å². The largest absolute Gasteiger partial charge is 0.311 e. The monoisotopic (exact) mass is 916 g/mol. The van der Waals surface area contributed by atoms with Gasteiger partial charge in [0.15, 0.2) is 0 Å². The average Bonchev–Trinajstić information content (AvgIpc) is 3.37. The minimum atomic E-state index is -2.40. The standard InChI is InChI=1S/C67H69BN2/c1-44-38-60-62-61(39-44)70(57-34-30-49(63(2,3)4)40-52(57)45-22-16-13-17-23-45)59-43-54-53(64(5,6)36-37-65(54,7)8)42-56(59)68(62)55-41-50(67(11,12)47-26-20-15-21-27-47)31-35-58(55)69(60)51-32-28-48(29-33-51)66(9,10)46-24-18-14-19-25-46/h13-35,38-43H,36-37H2,1-12H3/i1D3. The second-order valence-electron chi connectivity index (χ2n) is 23.9. The van der Waals surface area contributed by atoms with Gasteiger partial charge in [-0.3, -0.25) is 0 Å². The van der Waals surface area contributed by atoms with Crippen molar-refractivity contribution in [2.45, 2.75) is 123 Å². The lowest BCUT2D eigenvalue weighted by atomic mass is 9.33. The number of nitrogens with zero attached hydrogens (tertiary/aromatic N) is 2. The molecule has 8 aromatic carbocycles. The molecule has 0 saturated heterocycles. The Morgan fingerprint density at radius 1 is 0.443 bits per heavy atom. The molecule has 11 rings (SSSR count). The van der Waals surface area contributed by atoms with Crippen molar-refractivity contribution in [1.82, 2.24) is 0 Å². The summed E-state index contributed by atoms with van der Waals surface area (Å²) in [5.41, 5.74) is 20.2. The third-order valence-electron chi connectivity index (χ3n) is 16.8. The van der Waals surface area contributed by atoms with Crippen LogP contribution in [0.3, 0.4) is 0 Å². The van der Waals surface area contributed by atoms with Crippen molar-refractivity contribution in [3.05, 3.63) is 220 Å². The summed E-state index contributed by atoms with van der Waals surface area (Å²) < 4.78 is 27.6. The van der Waals surface area contributed by atoms with Crippen LogP contribution in [-0.4, -0.2) is 6.71 Å². The second-order valence-corrected chi connectivity index (χ2v) is 23.9. The van der Waals surface area contributed by atoms with Gasteiger partial charge in [0.25, 0.3) is 6.71 Å². The van der Waals surface area contributed by atoms with E-state index in [9.17, 15) is 4.11 Å². The molecule has 1 aliphatic carbocycles. The molecule has 70 heavy (non-hydrogen) atoms. The molecule has 0 N–H and O–H groups in total. The van der Waals surface area contributed by atoms with Gasteiger partial charge < -0.3 is 9.80 Å². The Balaban J connectivity index is 1.26. The number of benzene rings is 8. The molecule has 0 radical (unpaired) electrons. The summed E-state index contributed by atoms with van der Waals surface area (Å²) in [6.45, 7) is 23.1. The van der Waals surface area contributed by atoms with Gasteiger partial charge in [0.2, 0.25) is 0 Å². The molecule has 0 atom stereocenters. The Morgan fingerprint density at radius 3 is 1.51 bits per heavy atom. The van der Waals surface area contributed by atoms with Gasteiger partial charge in [-0.25, -0.2) is 0 Å². The molecule has 0 amide bonds. The van der Waals surface area contributed by atoms with E-state index >= 15 is 0 Å². The minimum absolute atomic E-state index is 0.0571. The van der Waals surface area contributed by atoms with Gasteiger partial charge in [0.05, 0.1) is 5.69 Å². The summed E-state index contributed by atoms with van der Waals surface area (Å²) >= 11 is 0. The summed E-state index contributed by atoms with van der Waals surface area (Å²) in [7, 11) is 0. The maximum atomic E-state index is 9.21. The first-order valence-corrected chi connectivity index (χ1v) is 25.5. The minimum Gasteiger partial charge on any atom is -0.311 e. The first-order valence-electron chi connectivity index (χ1n) is 27.0. The Bertz CT molecular complexity index is 3420. The molecule has 0 fully saturated rings. The van der Waals surface area contributed by atoms with Crippen LogP contribution in [-0.2, 0) is 27.1 Å². The highest BCUT2D eigenvalue weighted by atomic mass is 15.2. The van der Waals surface area contributed by atoms with E-state index in [2.05, 4.69) is 250 Å². The van der Waals surface area contributed by atoms with Crippen molar-refractivity contribution < 1.29 is 4.11 Å². The van der Waals surface area contributed by atoms with Crippen LogP contribution in [0.15, 0.2) is 176 Å². The highest BCUT2D eigenvalue weighted by Crippen LogP contribution is 2.52. The van der Waals surface area contributed by atoms with E-state index in [0.717, 1.165) is 63.6 Å². The zero-order valence-corrected chi connectivity index (χ0v) is 43.1. The maximum absolute atomic E-state index is 9.21. The Labute approximate surface area is 423 Å². The lowest BCUT2D eigenvalue weighted by Gasteiger charge is -2.48. The first kappa shape index (κ1) is 42.3. The molecule has 2 heterocycles. The normalized spacial score (nSPS) is 16.6. The Kier molecular flexibility index (Phi) is 9.82. The van der Waals surface area contributed by atoms with Crippen molar-refractivity contribution in [3.8, 4) is 11.1 Å². The fourth-order valence-electron chi connectivity index (χ4n) is 12.1. The molecule has 0 aromatic heterocycles. The number of rotatable bonds is 7. The van der Waals surface area contributed by atoms with E-state index in [0.29, 0.717) is 5.56 Å². The lowest BCUT2D eigenvalue weighted by molar-refractivity contribution is 0.332. The van der Waals surface area contributed by atoms with Crippen LogP contribution in [0.5, 0.6) is 0 Å². The van der Waals surface area contributed by atoms with Gasteiger partial charge in [0, 0.05) is 48.9 Å². The number of hydrogen-bond acceptors (Lipinski definition) is 2. The summed E-state index contributed by atoms with van der Waals surface area (Å²) in [6, 6.07) is 64.5. The molecule has 3 aliphatic rings. The molecule has 350 valence electrons. The molecule has 3 heteroatoms. The fourth-order valence-corrected chi connectivity index (χ4v) is 12.1. The summed E-state index contributed by atoms with van der Waals surface area (Å²) in [4.78, 5) is 4.83. The van der Waals surface area contributed by atoms with E-state index in [1.165, 1.54) is 49.9 Å². The summed E-state index contributed by atoms with van der Waals surface area (Å²) in [5, 5.41) is 0. The summed E-state index contributed by atoms with van der Waals surface area (Å²) in [6.07, 6.45) is 2.17. The van der Waals surface area contributed by atoms with E-state index in [4.69, 9.17) is 0 Å². The average molecular weight is 916 g/mol. The lowest BCUT2D eigenvalue weighted by Crippen LogP contribution is -2.62. The van der Waals surface area contributed by atoms with E-state index < -0.39 is 6.85 Å². The van der Waals surface area contributed by atoms with Gasteiger partial charge >= 0.3 is 0 Å². The number of fused-ring (bicyclic) bond motifs is 5. The molecule has 2 nitrogen and oxygen atoms in total. The Morgan fingerprint density at radius 2 is 0.929 bits per heavy atom. The topological polar surface area (TPSA) is 6.48 Å². The molecule has 8 aromatic rings. The predicted octanol–water partition coefficient (Wildman–Crippen LogP) is 16.0. The van der Waals surface area contributed by atoms with Crippen LogP contribution in [0.4, 0.5) is 34.1 Å². The van der Waals surface area contributed by atoms with Gasteiger partial charge in [-0.15, -0.1) is 0 Å². The van der Waals surface area contributed by atoms with Crippen molar-refractivity contribution >= 4 is 57.2 Å². The van der Waals surface area contributed by atoms with Crippen LogP contribution in [0, 0.1) is 6.85 Å².